The van der Waals surface area contributed by atoms with Crippen LogP contribution in [0.3, 0.4) is 0 Å². The lowest BCUT2D eigenvalue weighted by Gasteiger charge is -2.00. The molecule has 0 saturated carbocycles. The second kappa shape index (κ2) is 1.98. The summed E-state index contributed by atoms with van der Waals surface area (Å²) in [7, 11) is 0. The molecule has 1 aliphatic heterocycles. The van der Waals surface area contributed by atoms with Crippen LogP contribution >= 0.6 is 0 Å². The van der Waals surface area contributed by atoms with Crippen LogP contribution < -0.4 is 4.74 Å². The van der Waals surface area contributed by atoms with E-state index < -0.39 is 12.1 Å². The van der Waals surface area contributed by atoms with Crippen LogP contribution in [0.5, 0.6) is 6.01 Å². The molecular formula is C6H6N2O3. The number of aliphatic carboxylic acids is 1. The molecule has 1 aromatic rings. The molecule has 0 radical (unpaired) electrons. The van der Waals surface area contributed by atoms with Gasteiger partial charge in [0.25, 0.3) is 6.01 Å². The highest BCUT2D eigenvalue weighted by Crippen LogP contribution is 2.18. The maximum absolute atomic E-state index is 10.4. The second-order valence-electron chi connectivity index (χ2n) is 2.31. The highest BCUT2D eigenvalue weighted by molar-refractivity contribution is 5.73. The molecule has 1 atom stereocenters. The predicted octanol–water partition coefficient (Wildman–Crippen LogP) is -0.271. The fourth-order valence-corrected chi connectivity index (χ4v) is 1.02. The molecule has 5 heteroatoms. The molecule has 0 aromatic carbocycles. The molecule has 11 heavy (non-hydrogen) atoms. The van der Waals surface area contributed by atoms with Crippen LogP contribution in [0.15, 0.2) is 12.4 Å². The Morgan fingerprint density at radius 3 is 3.36 bits per heavy atom. The minimum absolute atomic E-state index is 0.352. The number of carbonyl (C=O) groups is 1. The summed E-state index contributed by atoms with van der Waals surface area (Å²) in [5.74, 6) is -0.949. The van der Waals surface area contributed by atoms with Crippen molar-refractivity contribution in [3.8, 4) is 6.01 Å². The van der Waals surface area contributed by atoms with E-state index >= 15 is 0 Å². The van der Waals surface area contributed by atoms with Crippen molar-refractivity contribution in [1.29, 1.82) is 0 Å². The average Bonchev–Trinajstić information content (AvgIpc) is 2.40. The first-order valence-corrected chi connectivity index (χ1v) is 3.18. The van der Waals surface area contributed by atoms with Gasteiger partial charge >= 0.3 is 5.97 Å². The minimum Gasteiger partial charge on any atom is -0.478 e. The third-order valence-electron chi connectivity index (χ3n) is 1.56. The number of hydrogen-bond donors (Lipinski definition) is 1. The number of imidazole rings is 1. The van der Waals surface area contributed by atoms with Crippen molar-refractivity contribution in [3.63, 3.8) is 0 Å². The van der Waals surface area contributed by atoms with Gasteiger partial charge in [0.1, 0.15) is 0 Å². The lowest BCUT2D eigenvalue weighted by molar-refractivity contribution is -0.144. The lowest BCUT2D eigenvalue weighted by atomic mass is 10.4. The van der Waals surface area contributed by atoms with E-state index in [0.717, 1.165) is 0 Å². The van der Waals surface area contributed by atoms with Crippen LogP contribution in [0.4, 0.5) is 0 Å². The number of carboxylic acids is 1. The fraction of sp³-hybridized carbons (Fsp3) is 0.333. The first-order valence-electron chi connectivity index (χ1n) is 3.18. The molecule has 2 rings (SSSR count). The summed E-state index contributed by atoms with van der Waals surface area (Å²) in [5, 5.41) is 8.54. The molecule has 0 bridgehead atoms. The van der Waals surface area contributed by atoms with E-state index in [1.54, 1.807) is 17.0 Å². The van der Waals surface area contributed by atoms with Crippen LogP contribution in [0.2, 0.25) is 0 Å². The Morgan fingerprint density at radius 2 is 2.73 bits per heavy atom. The Morgan fingerprint density at radius 1 is 1.91 bits per heavy atom. The number of rotatable bonds is 1. The Hall–Kier alpha value is -1.52. The molecule has 0 saturated heterocycles. The van der Waals surface area contributed by atoms with Crippen molar-refractivity contribution < 1.29 is 14.6 Å². The van der Waals surface area contributed by atoms with Crippen molar-refractivity contribution in [2.75, 3.05) is 0 Å². The number of hydrogen-bond acceptors (Lipinski definition) is 3. The maximum atomic E-state index is 10.4. The molecule has 58 valence electrons. The Balaban J connectivity index is 2.22. The molecule has 1 unspecified atom stereocenters. The number of carboxylic acid groups (broad SMARTS) is 1. The van der Waals surface area contributed by atoms with Crippen LogP contribution in [0.25, 0.3) is 0 Å². The number of ether oxygens (including phenoxy) is 1. The summed E-state index contributed by atoms with van der Waals surface area (Å²) in [6, 6.07) is 0.386. The lowest BCUT2D eigenvalue weighted by Crippen LogP contribution is -2.25. The van der Waals surface area contributed by atoms with Gasteiger partial charge in [-0.25, -0.2) is 9.78 Å². The number of aromatic nitrogens is 2. The van der Waals surface area contributed by atoms with E-state index in [1.165, 1.54) is 0 Å². The van der Waals surface area contributed by atoms with Gasteiger partial charge in [-0.15, -0.1) is 0 Å². The highest BCUT2D eigenvalue weighted by atomic mass is 16.5. The molecule has 0 spiro atoms. The number of nitrogens with zero attached hydrogens (tertiary/aromatic N) is 2. The topological polar surface area (TPSA) is 64.3 Å². The largest absolute Gasteiger partial charge is 0.478 e. The maximum Gasteiger partial charge on any atom is 0.346 e. The summed E-state index contributed by atoms with van der Waals surface area (Å²) in [6.07, 6.45) is 2.50. The Kier molecular flexibility index (Phi) is 1.12. The van der Waals surface area contributed by atoms with Gasteiger partial charge in [0.2, 0.25) is 6.10 Å². The van der Waals surface area contributed by atoms with Crippen molar-refractivity contribution >= 4 is 5.97 Å². The van der Waals surface area contributed by atoms with Crippen LogP contribution in [0, 0.1) is 0 Å². The van der Waals surface area contributed by atoms with Crippen molar-refractivity contribution in [2.45, 2.75) is 12.6 Å². The van der Waals surface area contributed by atoms with Crippen molar-refractivity contribution in [1.82, 2.24) is 9.55 Å². The van der Waals surface area contributed by atoms with E-state index in [2.05, 4.69) is 4.98 Å². The third kappa shape index (κ3) is 0.849. The first kappa shape index (κ1) is 6.21. The minimum atomic E-state index is -0.949. The van der Waals surface area contributed by atoms with Crippen molar-refractivity contribution in [3.05, 3.63) is 12.4 Å². The van der Waals surface area contributed by atoms with Gasteiger partial charge in [-0.3, -0.25) is 4.57 Å². The Bertz CT molecular complexity index is 273. The van der Waals surface area contributed by atoms with E-state index in [1.807, 2.05) is 0 Å². The summed E-state index contributed by atoms with van der Waals surface area (Å²) < 4.78 is 6.63. The molecule has 0 fully saturated rings. The van der Waals surface area contributed by atoms with Gasteiger partial charge in [0.05, 0.1) is 6.54 Å². The van der Waals surface area contributed by atoms with Crippen molar-refractivity contribution in [2.24, 2.45) is 0 Å². The SMILES string of the molecule is O=C(O)C1Cn2ccnc2O1. The molecule has 2 heterocycles. The Labute approximate surface area is 62.2 Å². The van der Waals surface area contributed by atoms with E-state index in [-0.39, 0.29) is 0 Å². The summed E-state index contributed by atoms with van der Waals surface area (Å²) in [4.78, 5) is 14.2. The van der Waals surface area contributed by atoms with Gasteiger partial charge < -0.3 is 9.84 Å². The summed E-state index contributed by atoms with van der Waals surface area (Å²) in [5.41, 5.74) is 0. The van der Waals surface area contributed by atoms with Crippen LogP contribution in [0.1, 0.15) is 0 Å². The van der Waals surface area contributed by atoms with Gasteiger partial charge in [0.15, 0.2) is 0 Å². The first-order chi connectivity index (χ1) is 5.27. The van der Waals surface area contributed by atoms with Gasteiger partial charge in [-0.2, -0.15) is 0 Å². The van der Waals surface area contributed by atoms with Crippen LogP contribution in [-0.2, 0) is 11.3 Å². The molecule has 1 N–H and O–H groups in total. The van der Waals surface area contributed by atoms with Crippen LogP contribution in [-0.4, -0.2) is 26.7 Å². The highest BCUT2D eigenvalue weighted by Gasteiger charge is 2.28. The third-order valence-corrected chi connectivity index (χ3v) is 1.56. The molecule has 0 aliphatic carbocycles. The van der Waals surface area contributed by atoms with E-state index in [4.69, 9.17) is 9.84 Å². The summed E-state index contributed by atoms with van der Waals surface area (Å²) in [6.45, 7) is 0.352. The molecule has 1 aromatic heterocycles. The predicted molar refractivity (Wildman–Crippen MR) is 34.3 cm³/mol. The molecule has 1 aliphatic rings. The summed E-state index contributed by atoms with van der Waals surface area (Å²) >= 11 is 0. The van der Waals surface area contributed by atoms with E-state index in [0.29, 0.717) is 12.6 Å². The molecular weight excluding hydrogens is 148 g/mol. The number of fused-ring (bicyclic) bond motifs is 1. The zero-order chi connectivity index (χ0) is 7.84. The normalized spacial score (nSPS) is 20.9. The monoisotopic (exact) mass is 154 g/mol. The molecule has 0 amide bonds. The van der Waals surface area contributed by atoms with Gasteiger partial charge in [-0.05, 0) is 0 Å². The fourth-order valence-electron chi connectivity index (χ4n) is 1.02. The van der Waals surface area contributed by atoms with Gasteiger partial charge in [0, 0.05) is 12.4 Å². The second-order valence-corrected chi connectivity index (χ2v) is 2.31. The quantitative estimate of drug-likeness (QED) is 0.604. The molecule has 5 nitrogen and oxygen atoms in total. The zero-order valence-corrected chi connectivity index (χ0v) is 5.60. The smallest absolute Gasteiger partial charge is 0.346 e. The standard InChI is InChI=1S/C6H6N2O3/c9-5(10)4-3-8-2-1-7-6(8)11-4/h1-2,4H,3H2,(H,9,10). The zero-order valence-electron chi connectivity index (χ0n) is 5.60. The van der Waals surface area contributed by atoms with E-state index in [9.17, 15) is 4.79 Å². The van der Waals surface area contributed by atoms with Gasteiger partial charge in [-0.1, -0.05) is 0 Å². The average molecular weight is 154 g/mol.